The van der Waals surface area contributed by atoms with Gasteiger partial charge in [-0.25, -0.2) is 8.42 Å². The highest BCUT2D eigenvalue weighted by Crippen LogP contribution is 2.30. The van der Waals surface area contributed by atoms with Crippen molar-refractivity contribution in [1.82, 2.24) is 0 Å². The lowest BCUT2D eigenvalue weighted by molar-refractivity contribution is -0.116. The van der Waals surface area contributed by atoms with Crippen molar-refractivity contribution in [2.75, 3.05) is 17.1 Å². The maximum atomic E-state index is 12.6. The highest BCUT2D eigenvalue weighted by molar-refractivity contribution is 7.93. The highest BCUT2D eigenvalue weighted by Gasteiger charge is 2.21. The number of carbonyl (C=O) groups is 1. The minimum atomic E-state index is -3.97. The van der Waals surface area contributed by atoms with Gasteiger partial charge in [0.15, 0.2) is 0 Å². The molecule has 6 nitrogen and oxygen atoms in total. The van der Waals surface area contributed by atoms with Crippen molar-refractivity contribution in [2.24, 2.45) is 0 Å². The van der Waals surface area contributed by atoms with E-state index in [9.17, 15) is 13.2 Å². The first-order valence-corrected chi connectivity index (χ1v) is 11.5. The molecule has 0 radical (unpaired) electrons. The molecule has 9 heteroatoms. The summed E-state index contributed by atoms with van der Waals surface area (Å²) in [6.07, 6.45) is 0.901. The van der Waals surface area contributed by atoms with Gasteiger partial charge in [-0.2, -0.15) is 0 Å². The van der Waals surface area contributed by atoms with Crippen LogP contribution in [-0.2, 0) is 21.2 Å². The molecule has 2 N–H and O–H groups in total. The molecule has 0 aliphatic carbocycles. The normalized spacial score (nSPS) is 11.1. The monoisotopic (exact) mass is 478 g/mol. The molecule has 0 fully saturated rings. The van der Waals surface area contributed by atoms with Gasteiger partial charge >= 0.3 is 0 Å². The first kappa shape index (κ1) is 22.9. The zero-order chi connectivity index (χ0) is 22.4. The maximum Gasteiger partial charge on any atom is 0.264 e. The van der Waals surface area contributed by atoms with E-state index in [0.29, 0.717) is 24.2 Å². The molecule has 0 aliphatic rings. The van der Waals surface area contributed by atoms with Crippen molar-refractivity contribution in [3.8, 4) is 5.75 Å². The van der Waals surface area contributed by atoms with Crippen molar-refractivity contribution in [2.45, 2.75) is 17.7 Å². The van der Waals surface area contributed by atoms with E-state index in [1.165, 1.54) is 12.1 Å². The molecule has 0 spiro atoms. The number of aryl methyl sites for hydroxylation is 1. The van der Waals surface area contributed by atoms with Crippen LogP contribution in [0.2, 0.25) is 10.0 Å². The number of hydrogen-bond acceptors (Lipinski definition) is 4. The molecular formula is C22H20Cl2N2O4S. The first-order chi connectivity index (χ1) is 14.8. The van der Waals surface area contributed by atoms with Gasteiger partial charge in [-0.1, -0.05) is 41.4 Å². The number of anilines is 2. The van der Waals surface area contributed by atoms with Gasteiger partial charge < -0.3 is 10.1 Å². The van der Waals surface area contributed by atoms with Crippen LogP contribution in [0.25, 0.3) is 0 Å². The molecule has 0 saturated heterocycles. The van der Waals surface area contributed by atoms with E-state index in [1.54, 1.807) is 37.4 Å². The van der Waals surface area contributed by atoms with Gasteiger partial charge in [0.25, 0.3) is 10.0 Å². The number of carbonyl (C=O) groups excluding carboxylic acids is 1. The van der Waals surface area contributed by atoms with Gasteiger partial charge in [-0.05, 0) is 60.5 Å². The maximum absolute atomic E-state index is 12.6. The second-order valence-electron chi connectivity index (χ2n) is 6.63. The molecular weight excluding hydrogens is 459 g/mol. The largest absolute Gasteiger partial charge is 0.497 e. The van der Waals surface area contributed by atoms with Crippen LogP contribution in [0.15, 0.2) is 71.6 Å². The van der Waals surface area contributed by atoms with E-state index in [0.717, 1.165) is 11.3 Å². The van der Waals surface area contributed by atoms with E-state index in [-0.39, 0.29) is 20.8 Å². The Morgan fingerprint density at radius 2 is 1.48 bits per heavy atom. The molecule has 0 aliphatic heterocycles. The number of sulfonamides is 1. The average molecular weight is 479 g/mol. The van der Waals surface area contributed by atoms with Crippen LogP contribution >= 0.6 is 23.2 Å². The van der Waals surface area contributed by atoms with Gasteiger partial charge in [-0.15, -0.1) is 0 Å². The minimum Gasteiger partial charge on any atom is -0.497 e. The molecule has 31 heavy (non-hydrogen) atoms. The summed E-state index contributed by atoms with van der Waals surface area (Å²) >= 11 is 12.0. The molecule has 3 aromatic rings. The van der Waals surface area contributed by atoms with Crippen LogP contribution in [0, 0.1) is 0 Å². The standard InChI is InChI=1S/C22H20Cl2N2O4S/c1-30-18-12-5-15(6-13-18)7-14-21(27)25-16-8-10-17(11-9-16)26-31(28,29)22-19(23)3-2-4-20(22)24/h2-6,8-13,26H,7,14H2,1H3,(H,25,27). The summed E-state index contributed by atoms with van der Waals surface area (Å²) in [6.45, 7) is 0. The van der Waals surface area contributed by atoms with Crippen molar-refractivity contribution >= 4 is 50.5 Å². The van der Waals surface area contributed by atoms with Crippen molar-refractivity contribution in [1.29, 1.82) is 0 Å². The van der Waals surface area contributed by atoms with Gasteiger partial charge in [0, 0.05) is 17.8 Å². The molecule has 0 unspecified atom stereocenters. The molecule has 1 amide bonds. The summed E-state index contributed by atoms with van der Waals surface area (Å²) in [6, 6.07) is 18.3. The number of hydrogen-bond donors (Lipinski definition) is 2. The summed E-state index contributed by atoms with van der Waals surface area (Å²) in [5.74, 6) is 0.618. The van der Waals surface area contributed by atoms with Crippen molar-refractivity contribution < 1.29 is 17.9 Å². The first-order valence-electron chi connectivity index (χ1n) is 9.28. The van der Waals surface area contributed by atoms with Crippen LogP contribution in [0.3, 0.4) is 0 Å². The molecule has 0 bridgehead atoms. The smallest absolute Gasteiger partial charge is 0.264 e. The van der Waals surface area contributed by atoms with E-state index in [4.69, 9.17) is 27.9 Å². The highest BCUT2D eigenvalue weighted by atomic mass is 35.5. The number of ether oxygens (including phenoxy) is 1. The summed E-state index contributed by atoms with van der Waals surface area (Å²) in [5, 5.41) is 2.85. The third-order valence-electron chi connectivity index (χ3n) is 4.41. The van der Waals surface area contributed by atoms with Gasteiger partial charge in [-0.3, -0.25) is 9.52 Å². The number of rotatable bonds is 8. The average Bonchev–Trinajstić information content (AvgIpc) is 2.73. The summed E-state index contributed by atoms with van der Waals surface area (Å²) < 4.78 is 32.8. The Morgan fingerprint density at radius 3 is 2.06 bits per heavy atom. The second-order valence-corrected chi connectivity index (χ2v) is 9.06. The predicted octanol–water partition coefficient (Wildman–Crippen LogP) is 5.37. The topological polar surface area (TPSA) is 84.5 Å². The van der Waals surface area contributed by atoms with Crippen LogP contribution in [-0.4, -0.2) is 21.4 Å². The SMILES string of the molecule is COc1ccc(CCC(=O)Nc2ccc(NS(=O)(=O)c3c(Cl)cccc3Cl)cc2)cc1. The van der Waals surface area contributed by atoms with E-state index >= 15 is 0 Å². The molecule has 162 valence electrons. The Morgan fingerprint density at radius 1 is 0.903 bits per heavy atom. The lowest BCUT2D eigenvalue weighted by atomic mass is 10.1. The lowest BCUT2D eigenvalue weighted by Crippen LogP contribution is -2.14. The molecule has 0 aromatic heterocycles. The van der Waals surface area contributed by atoms with Gasteiger partial charge in [0.1, 0.15) is 10.6 Å². The molecule has 0 heterocycles. The van der Waals surface area contributed by atoms with Crippen LogP contribution in [0.5, 0.6) is 5.75 Å². The Hall–Kier alpha value is -2.74. The third-order valence-corrected chi connectivity index (χ3v) is 6.74. The third kappa shape index (κ3) is 6.13. The van der Waals surface area contributed by atoms with Crippen LogP contribution in [0.4, 0.5) is 11.4 Å². The second kappa shape index (κ2) is 10.0. The van der Waals surface area contributed by atoms with E-state index < -0.39 is 10.0 Å². The Balaban J connectivity index is 1.58. The fraction of sp³-hybridized carbons (Fsp3) is 0.136. The molecule has 3 rings (SSSR count). The molecule has 0 atom stereocenters. The Kier molecular flexibility index (Phi) is 7.43. The van der Waals surface area contributed by atoms with E-state index in [2.05, 4.69) is 10.0 Å². The Labute approximate surface area is 191 Å². The van der Waals surface area contributed by atoms with Crippen LogP contribution in [0.1, 0.15) is 12.0 Å². The fourth-order valence-electron chi connectivity index (χ4n) is 2.84. The number of nitrogens with one attached hydrogen (secondary N) is 2. The van der Waals surface area contributed by atoms with Gasteiger partial charge in [0.2, 0.25) is 5.91 Å². The molecule has 3 aromatic carbocycles. The lowest BCUT2D eigenvalue weighted by Gasteiger charge is -2.12. The quantitative estimate of drug-likeness (QED) is 0.455. The van der Waals surface area contributed by atoms with Crippen LogP contribution < -0.4 is 14.8 Å². The van der Waals surface area contributed by atoms with E-state index in [1.807, 2.05) is 24.3 Å². The minimum absolute atomic E-state index is 0.0285. The number of methoxy groups -OCH3 is 1. The number of amides is 1. The molecule has 0 saturated carbocycles. The zero-order valence-corrected chi connectivity index (χ0v) is 18.9. The van der Waals surface area contributed by atoms with Gasteiger partial charge in [0.05, 0.1) is 17.2 Å². The summed E-state index contributed by atoms with van der Waals surface area (Å²) in [4.78, 5) is 12.0. The Bertz CT molecular complexity index is 1140. The predicted molar refractivity (Wildman–Crippen MR) is 124 cm³/mol. The van der Waals surface area contributed by atoms with Crippen molar-refractivity contribution in [3.05, 3.63) is 82.3 Å². The summed E-state index contributed by atoms with van der Waals surface area (Å²) in [7, 11) is -2.36. The fourth-order valence-corrected chi connectivity index (χ4v) is 5.05. The number of halogens is 2. The zero-order valence-electron chi connectivity index (χ0n) is 16.6. The summed E-state index contributed by atoms with van der Waals surface area (Å²) in [5.41, 5.74) is 1.89. The number of benzene rings is 3. The van der Waals surface area contributed by atoms with Crippen molar-refractivity contribution in [3.63, 3.8) is 0 Å².